The van der Waals surface area contributed by atoms with Crippen LogP contribution < -0.4 is 4.90 Å². The molecule has 178 valence electrons. The average molecular weight is 456 g/mol. The standard InChI is InChI=1S/C29H37N5/c1-31-17-19-33(20-18-31)26-12-15-34(16-13-26)29-8-4-6-24-21-32(22-27(24)29)14-11-25-10-9-23-5-2-3-7-28(23)30-25/h2-10,26H,11-22H2,1H3. The van der Waals surface area contributed by atoms with Crippen LogP contribution in [-0.2, 0) is 19.5 Å². The highest BCUT2D eigenvalue weighted by molar-refractivity contribution is 5.78. The summed E-state index contributed by atoms with van der Waals surface area (Å²) in [7, 11) is 2.25. The Labute approximate surface area is 204 Å². The second-order valence-corrected chi connectivity index (χ2v) is 10.4. The lowest BCUT2D eigenvalue weighted by Crippen LogP contribution is -2.52. The van der Waals surface area contributed by atoms with E-state index in [0.29, 0.717) is 0 Å². The Kier molecular flexibility index (Phi) is 6.25. The molecule has 2 fully saturated rings. The molecule has 0 aliphatic carbocycles. The van der Waals surface area contributed by atoms with Crippen molar-refractivity contribution in [3.63, 3.8) is 0 Å². The maximum Gasteiger partial charge on any atom is 0.0705 e. The molecule has 0 spiro atoms. The van der Waals surface area contributed by atoms with Gasteiger partial charge in [-0.1, -0.05) is 36.4 Å². The van der Waals surface area contributed by atoms with E-state index in [1.54, 1.807) is 5.56 Å². The molecular formula is C29H37N5. The van der Waals surface area contributed by atoms with Crippen LogP contribution in [0.2, 0.25) is 0 Å². The first-order valence-electron chi connectivity index (χ1n) is 13.1. The minimum Gasteiger partial charge on any atom is -0.371 e. The van der Waals surface area contributed by atoms with Gasteiger partial charge in [0.2, 0.25) is 0 Å². The molecule has 0 radical (unpaired) electrons. The Morgan fingerprint density at radius 2 is 1.65 bits per heavy atom. The van der Waals surface area contributed by atoms with Crippen molar-refractivity contribution in [3.8, 4) is 0 Å². The maximum atomic E-state index is 4.88. The predicted molar refractivity (Wildman–Crippen MR) is 140 cm³/mol. The third-order valence-electron chi connectivity index (χ3n) is 8.22. The molecule has 2 saturated heterocycles. The number of rotatable bonds is 5. The van der Waals surface area contributed by atoms with E-state index in [-0.39, 0.29) is 0 Å². The van der Waals surface area contributed by atoms with Gasteiger partial charge < -0.3 is 9.80 Å². The number of piperidine rings is 1. The highest BCUT2D eigenvalue weighted by Gasteiger charge is 2.29. The quantitative estimate of drug-likeness (QED) is 0.579. The Balaban J connectivity index is 1.07. The first-order valence-corrected chi connectivity index (χ1v) is 13.1. The fourth-order valence-electron chi connectivity index (χ4n) is 6.11. The van der Waals surface area contributed by atoms with Gasteiger partial charge >= 0.3 is 0 Å². The maximum absolute atomic E-state index is 4.88. The van der Waals surface area contributed by atoms with E-state index in [0.717, 1.165) is 37.6 Å². The van der Waals surface area contributed by atoms with Crippen molar-refractivity contribution in [2.75, 3.05) is 57.8 Å². The van der Waals surface area contributed by atoms with Gasteiger partial charge in [-0.25, -0.2) is 0 Å². The second-order valence-electron chi connectivity index (χ2n) is 10.4. The smallest absolute Gasteiger partial charge is 0.0705 e. The van der Waals surface area contributed by atoms with E-state index in [1.807, 2.05) is 0 Å². The van der Waals surface area contributed by atoms with E-state index < -0.39 is 0 Å². The number of aromatic nitrogens is 1. The first-order chi connectivity index (χ1) is 16.7. The van der Waals surface area contributed by atoms with E-state index in [9.17, 15) is 0 Å². The number of para-hydroxylation sites is 1. The SMILES string of the molecule is CN1CCN(C2CCN(c3cccc4c3CN(CCc3ccc5ccccc5n3)C4)CC2)CC1. The third kappa shape index (κ3) is 4.57. The van der Waals surface area contributed by atoms with Gasteiger partial charge in [-0.2, -0.15) is 0 Å². The number of likely N-dealkylation sites (N-methyl/N-ethyl adjacent to an activating group) is 1. The van der Waals surface area contributed by atoms with Crippen LogP contribution >= 0.6 is 0 Å². The van der Waals surface area contributed by atoms with Crippen molar-refractivity contribution in [1.29, 1.82) is 0 Å². The Hall–Kier alpha value is -2.47. The molecule has 0 atom stereocenters. The van der Waals surface area contributed by atoms with Gasteiger partial charge in [0.05, 0.1) is 5.52 Å². The number of piperazine rings is 1. The van der Waals surface area contributed by atoms with Gasteiger partial charge in [-0.3, -0.25) is 14.8 Å². The van der Waals surface area contributed by atoms with Crippen LogP contribution in [-0.4, -0.2) is 78.6 Å². The summed E-state index contributed by atoms with van der Waals surface area (Å²) < 4.78 is 0. The summed E-state index contributed by atoms with van der Waals surface area (Å²) in [5.74, 6) is 0. The number of pyridine rings is 1. The first kappa shape index (κ1) is 22.0. The molecule has 3 aliphatic heterocycles. The van der Waals surface area contributed by atoms with Gasteiger partial charge in [0, 0.05) is 88.1 Å². The monoisotopic (exact) mass is 455 g/mol. The van der Waals surface area contributed by atoms with E-state index in [2.05, 4.69) is 81.2 Å². The Bertz CT molecular complexity index is 1130. The molecule has 5 heteroatoms. The zero-order chi connectivity index (χ0) is 22.9. The lowest BCUT2D eigenvalue weighted by Gasteiger charge is -2.43. The molecule has 0 N–H and O–H groups in total. The molecule has 2 aromatic carbocycles. The van der Waals surface area contributed by atoms with Crippen LogP contribution in [0.25, 0.3) is 10.9 Å². The number of hydrogen-bond donors (Lipinski definition) is 0. The topological polar surface area (TPSA) is 25.9 Å². The highest BCUT2D eigenvalue weighted by Crippen LogP contribution is 2.34. The summed E-state index contributed by atoms with van der Waals surface area (Å²) in [5.41, 5.74) is 6.87. The molecule has 3 aromatic rings. The summed E-state index contributed by atoms with van der Waals surface area (Å²) in [4.78, 5) is 15.4. The summed E-state index contributed by atoms with van der Waals surface area (Å²) in [6.45, 7) is 10.5. The highest BCUT2D eigenvalue weighted by atomic mass is 15.3. The van der Waals surface area contributed by atoms with Crippen LogP contribution in [0.15, 0.2) is 54.6 Å². The molecule has 5 nitrogen and oxygen atoms in total. The van der Waals surface area contributed by atoms with Crippen LogP contribution in [0.5, 0.6) is 0 Å². The van der Waals surface area contributed by atoms with Crippen molar-refractivity contribution in [1.82, 2.24) is 19.7 Å². The molecule has 0 saturated carbocycles. The number of benzene rings is 2. The summed E-state index contributed by atoms with van der Waals surface area (Å²) >= 11 is 0. The molecule has 0 unspecified atom stereocenters. The number of fused-ring (bicyclic) bond motifs is 2. The van der Waals surface area contributed by atoms with E-state index in [4.69, 9.17) is 4.98 Å². The average Bonchev–Trinajstić information content (AvgIpc) is 3.31. The largest absolute Gasteiger partial charge is 0.371 e. The van der Waals surface area contributed by atoms with E-state index >= 15 is 0 Å². The molecule has 0 bridgehead atoms. The van der Waals surface area contributed by atoms with Crippen molar-refractivity contribution >= 4 is 16.6 Å². The minimum absolute atomic E-state index is 0.771. The second kappa shape index (κ2) is 9.65. The van der Waals surface area contributed by atoms with Crippen LogP contribution in [0.3, 0.4) is 0 Å². The van der Waals surface area contributed by atoms with Gasteiger partial charge in [0.1, 0.15) is 0 Å². The van der Waals surface area contributed by atoms with E-state index in [1.165, 1.54) is 74.4 Å². The molecule has 4 heterocycles. The summed E-state index contributed by atoms with van der Waals surface area (Å²) in [6.07, 6.45) is 3.60. The fraction of sp³-hybridized carbons (Fsp3) is 0.483. The molecule has 34 heavy (non-hydrogen) atoms. The molecule has 3 aliphatic rings. The van der Waals surface area contributed by atoms with Gasteiger partial charge in [0.25, 0.3) is 0 Å². The number of anilines is 1. The molecular weight excluding hydrogens is 418 g/mol. The zero-order valence-electron chi connectivity index (χ0n) is 20.5. The Morgan fingerprint density at radius 3 is 2.50 bits per heavy atom. The van der Waals surface area contributed by atoms with Crippen LogP contribution in [0, 0.1) is 0 Å². The zero-order valence-corrected chi connectivity index (χ0v) is 20.5. The van der Waals surface area contributed by atoms with Crippen molar-refractivity contribution in [2.24, 2.45) is 0 Å². The molecule has 1 aromatic heterocycles. The predicted octanol–water partition coefficient (Wildman–Crippen LogP) is 4.01. The van der Waals surface area contributed by atoms with Crippen molar-refractivity contribution < 1.29 is 0 Å². The van der Waals surface area contributed by atoms with Gasteiger partial charge in [-0.05, 0) is 49.2 Å². The number of hydrogen-bond acceptors (Lipinski definition) is 5. The van der Waals surface area contributed by atoms with Crippen molar-refractivity contribution in [2.45, 2.75) is 38.4 Å². The summed E-state index contributed by atoms with van der Waals surface area (Å²) in [5, 5.41) is 1.22. The third-order valence-corrected chi connectivity index (χ3v) is 8.22. The fourth-order valence-corrected chi connectivity index (χ4v) is 6.11. The molecule has 0 amide bonds. The Morgan fingerprint density at radius 1 is 0.824 bits per heavy atom. The summed E-state index contributed by atoms with van der Waals surface area (Å²) in [6, 6.07) is 20.6. The molecule has 6 rings (SSSR count). The van der Waals surface area contributed by atoms with Crippen molar-refractivity contribution in [3.05, 3.63) is 71.4 Å². The number of nitrogens with zero attached hydrogens (tertiary/aromatic N) is 5. The minimum atomic E-state index is 0.771. The van der Waals surface area contributed by atoms with Gasteiger partial charge in [-0.15, -0.1) is 0 Å². The van der Waals surface area contributed by atoms with Crippen LogP contribution in [0.1, 0.15) is 29.7 Å². The normalized spacial score (nSPS) is 20.8. The van der Waals surface area contributed by atoms with Crippen LogP contribution in [0.4, 0.5) is 5.69 Å². The van der Waals surface area contributed by atoms with Gasteiger partial charge in [0.15, 0.2) is 0 Å². The lowest BCUT2D eigenvalue weighted by molar-refractivity contribution is 0.0982. The lowest BCUT2D eigenvalue weighted by atomic mass is 9.99.